The van der Waals surface area contributed by atoms with Crippen LogP contribution in [0.3, 0.4) is 0 Å². The fourth-order valence-corrected chi connectivity index (χ4v) is 3.44. The van der Waals surface area contributed by atoms with Crippen LogP contribution >= 0.6 is 0 Å². The number of aromatic nitrogens is 1. The average molecular weight is 413 g/mol. The molecule has 1 amide bonds. The van der Waals surface area contributed by atoms with E-state index in [2.05, 4.69) is 16.4 Å². The summed E-state index contributed by atoms with van der Waals surface area (Å²) in [6.45, 7) is 0. The van der Waals surface area contributed by atoms with Crippen molar-refractivity contribution in [1.82, 2.24) is 4.98 Å². The van der Waals surface area contributed by atoms with Crippen molar-refractivity contribution in [2.75, 3.05) is 26.6 Å². The van der Waals surface area contributed by atoms with E-state index in [4.69, 9.17) is 19.5 Å². The Labute approximate surface area is 179 Å². The summed E-state index contributed by atoms with van der Waals surface area (Å²) in [5.41, 5.74) is 4.17. The summed E-state index contributed by atoms with van der Waals surface area (Å²) in [5.74, 6) is 1.83. The number of nitriles is 1. The minimum absolute atomic E-state index is 0.228. The van der Waals surface area contributed by atoms with Gasteiger partial charge in [-0.15, -0.1) is 0 Å². The van der Waals surface area contributed by atoms with Crippen molar-refractivity contribution in [3.63, 3.8) is 0 Å². The number of hydrogen-bond acceptors (Lipinski definition) is 6. The Morgan fingerprint density at radius 3 is 2.23 bits per heavy atom. The van der Waals surface area contributed by atoms with E-state index in [1.807, 2.05) is 18.2 Å². The molecule has 2 aromatic carbocycles. The summed E-state index contributed by atoms with van der Waals surface area (Å²) in [7, 11) is 4.67. The van der Waals surface area contributed by atoms with Crippen LogP contribution in [0.15, 0.2) is 48.7 Å². The van der Waals surface area contributed by atoms with Crippen LogP contribution < -0.4 is 19.5 Å². The van der Waals surface area contributed by atoms with Gasteiger partial charge >= 0.3 is 0 Å². The topological polar surface area (TPSA) is 93.5 Å². The molecule has 7 nitrogen and oxygen atoms in total. The number of rotatable bonds is 5. The van der Waals surface area contributed by atoms with Gasteiger partial charge in [0.2, 0.25) is 5.75 Å². The molecule has 1 N–H and O–H groups in total. The summed E-state index contributed by atoms with van der Waals surface area (Å²) < 4.78 is 16.3. The van der Waals surface area contributed by atoms with Gasteiger partial charge in [-0.1, -0.05) is 12.1 Å². The maximum atomic E-state index is 12.6. The number of pyridine rings is 1. The molecule has 3 aromatic rings. The molecule has 0 unspecified atom stereocenters. The number of carbonyl (C=O) groups excluding carboxylic acids is 1. The van der Waals surface area contributed by atoms with E-state index in [1.54, 1.807) is 57.9 Å². The zero-order chi connectivity index (χ0) is 22.0. The third-order valence-corrected chi connectivity index (χ3v) is 5.00. The van der Waals surface area contributed by atoms with Crippen LogP contribution in [0.4, 0.5) is 5.82 Å². The van der Waals surface area contributed by atoms with Crippen LogP contribution in [0.5, 0.6) is 17.2 Å². The Bertz CT molecular complexity index is 1220. The van der Waals surface area contributed by atoms with Crippen molar-refractivity contribution in [3.8, 4) is 34.4 Å². The Kier molecular flexibility index (Phi) is 5.29. The molecule has 0 aliphatic carbocycles. The number of anilines is 1. The van der Waals surface area contributed by atoms with Crippen LogP contribution in [0, 0.1) is 11.3 Å². The lowest BCUT2D eigenvalue weighted by atomic mass is 10.00. The first-order valence-corrected chi connectivity index (χ1v) is 9.42. The number of fused-ring (bicyclic) bond motifs is 1. The summed E-state index contributed by atoms with van der Waals surface area (Å²) >= 11 is 0. The molecule has 1 aliphatic heterocycles. The molecule has 0 saturated heterocycles. The fourth-order valence-electron chi connectivity index (χ4n) is 3.44. The second kappa shape index (κ2) is 8.20. The van der Waals surface area contributed by atoms with Gasteiger partial charge in [0.05, 0.1) is 38.5 Å². The molecule has 0 spiro atoms. The van der Waals surface area contributed by atoms with Gasteiger partial charge in [-0.3, -0.25) is 4.79 Å². The average Bonchev–Trinajstić information content (AvgIpc) is 3.12. The molecule has 1 aromatic heterocycles. The Hall–Kier alpha value is -4.31. The summed E-state index contributed by atoms with van der Waals surface area (Å²) in [4.78, 5) is 17.0. The summed E-state index contributed by atoms with van der Waals surface area (Å²) in [6.07, 6.45) is 3.47. The van der Waals surface area contributed by atoms with Gasteiger partial charge in [-0.25, -0.2) is 4.98 Å². The first-order chi connectivity index (χ1) is 15.1. The zero-order valence-corrected chi connectivity index (χ0v) is 17.2. The number of nitrogens with zero attached hydrogens (tertiary/aromatic N) is 2. The number of amides is 1. The monoisotopic (exact) mass is 413 g/mol. The quantitative estimate of drug-likeness (QED) is 0.632. The number of benzene rings is 2. The molecular formula is C24H19N3O4. The van der Waals surface area contributed by atoms with Gasteiger partial charge in [0.1, 0.15) is 5.82 Å². The van der Waals surface area contributed by atoms with Crippen LogP contribution in [0.2, 0.25) is 0 Å². The molecule has 0 radical (unpaired) electrons. The lowest BCUT2D eigenvalue weighted by Gasteiger charge is -2.14. The molecule has 1 aliphatic rings. The smallest absolute Gasteiger partial charge is 0.257 e. The molecule has 2 heterocycles. The van der Waals surface area contributed by atoms with E-state index in [-0.39, 0.29) is 5.91 Å². The van der Waals surface area contributed by atoms with E-state index in [1.165, 1.54) is 0 Å². The predicted molar refractivity (Wildman–Crippen MR) is 117 cm³/mol. The maximum absolute atomic E-state index is 12.6. The lowest BCUT2D eigenvalue weighted by Crippen LogP contribution is -2.04. The number of carbonyl (C=O) groups is 1. The molecule has 0 saturated carbocycles. The van der Waals surface area contributed by atoms with Crippen molar-refractivity contribution >= 4 is 23.4 Å². The van der Waals surface area contributed by atoms with E-state index >= 15 is 0 Å². The van der Waals surface area contributed by atoms with Gasteiger partial charge in [0, 0.05) is 17.3 Å². The van der Waals surface area contributed by atoms with Gasteiger partial charge in [-0.05, 0) is 47.5 Å². The molecule has 7 heteroatoms. The minimum Gasteiger partial charge on any atom is -0.493 e. The van der Waals surface area contributed by atoms with Crippen LogP contribution in [0.25, 0.3) is 22.8 Å². The first-order valence-electron chi connectivity index (χ1n) is 9.42. The number of methoxy groups -OCH3 is 3. The Morgan fingerprint density at radius 2 is 1.65 bits per heavy atom. The normalized spacial score (nSPS) is 13.4. The third-order valence-electron chi connectivity index (χ3n) is 5.00. The highest BCUT2D eigenvalue weighted by Gasteiger charge is 2.26. The number of nitrogens with one attached hydrogen (secondary N) is 1. The summed E-state index contributed by atoms with van der Waals surface area (Å²) in [5, 5.41) is 11.8. The van der Waals surface area contributed by atoms with Crippen LogP contribution in [-0.2, 0) is 4.79 Å². The fraction of sp³-hybridized carbons (Fsp3) is 0.125. The van der Waals surface area contributed by atoms with Gasteiger partial charge < -0.3 is 19.5 Å². The van der Waals surface area contributed by atoms with Crippen molar-refractivity contribution in [2.24, 2.45) is 0 Å². The van der Waals surface area contributed by atoms with Crippen LogP contribution in [-0.4, -0.2) is 32.2 Å². The van der Waals surface area contributed by atoms with Gasteiger partial charge in [0.25, 0.3) is 5.91 Å². The molecular weight excluding hydrogens is 394 g/mol. The summed E-state index contributed by atoms with van der Waals surface area (Å²) in [6, 6.07) is 14.7. The largest absolute Gasteiger partial charge is 0.493 e. The van der Waals surface area contributed by atoms with E-state index in [9.17, 15) is 4.79 Å². The predicted octanol–water partition coefficient (Wildman–Crippen LogP) is 4.14. The molecule has 154 valence electrons. The standard InChI is InChI=1S/C24H19N3O4/c1-29-20-10-16(11-21(30-2)22(20)31-3)17-9-18-19(24(28)27-23(18)26-13-17)8-14-4-6-15(12-25)7-5-14/h4-11,13H,1-3H3,(H,26,27,28)/b19-8-. The maximum Gasteiger partial charge on any atom is 0.257 e. The molecule has 0 fully saturated rings. The van der Waals surface area contributed by atoms with Gasteiger partial charge in [0.15, 0.2) is 11.5 Å². The Morgan fingerprint density at radius 1 is 0.968 bits per heavy atom. The van der Waals surface area contributed by atoms with E-state index in [0.717, 1.165) is 16.7 Å². The van der Waals surface area contributed by atoms with Crippen molar-refractivity contribution in [2.45, 2.75) is 0 Å². The minimum atomic E-state index is -0.228. The second-order valence-electron chi connectivity index (χ2n) is 6.78. The number of ether oxygens (including phenoxy) is 3. The molecule has 31 heavy (non-hydrogen) atoms. The zero-order valence-electron chi connectivity index (χ0n) is 17.2. The number of hydrogen-bond donors (Lipinski definition) is 1. The van der Waals surface area contributed by atoms with E-state index < -0.39 is 0 Å². The molecule has 0 atom stereocenters. The van der Waals surface area contributed by atoms with Crippen molar-refractivity contribution < 1.29 is 19.0 Å². The lowest BCUT2D eigenvalue weighted by molar-refractivity contribution is -0.110. The van der Waals surface area contributed by atoms with Gasteiger partial charge in [-0.2, -0.15) is 5.26 Å². The highest BCUT2D eigenvalue weighted by molar-refractivity contribution is 6.34. The SMILES string of the molecule is COc1cc(-c2cnc3c(c2)/C(=C/c2ccc(C#N)cc2)C(=O)N3)cc(OC)c1OC. The highest BCUT2D eigenvalue weighted by Crippen LogP contribution is 2.42. The van der Waals surface area contributed by atoms with Crippen molar-refractivity contribution in [3.05, 3.63) is 65.4 Å². The van der Waals surface area contributed by atoms with Crippen molar-refractivity contribution in [1.29, 1.82) is 5.26 Å². The second-order valence-corrected chi connectivity index (χ2v) is 6.78. The molecule has 4 rings (SSSR count). The van der Waals surface area contributed by atoms with Crippen LogP contribution in [0.1, 0.15) is 16.7 Å². The molecule has 0 bridgehead atoms. The highest BCUT2D eigenvalue weighted by atomic mass is 16.5. The third kappa shape index (κ3) is 3.67. The Balaban J connectivity index is 1.79. The van der Waals surface area contributed by atoms with E-state index in [0.29, 0.717) is 39.8 Å². The first kappa shape index (κ1) is 20.0.